The lowest BCUT2D eigenvalue weighted by molar-refractivity contribution is -0.162. The van der Waals surface area contributed by atoms with Crippen molar-refractivity contribution in [1.29, 1.82) is 0 Å². The first-order chi connectivity index (χ1) is 9.47. The molecule has 1 rings (SSSR count). The monoisotopic (exact) mass is 286 g/mol. The molecule has 0 N–H and O–H groups in total. The molecule has 3 atom stereocenters. The van der Waals surface area contributed by atoms with Crippen LogP contribution in [-0.2, 0) is 28.6 Å². The zero-order valence-electron chi connectivity index (χ0n) is 12.2. The molecular weight excluding hydrogens is 264 g/mol. The Balaban J connectivity index is 2.78. The van der Waals surface area contributed by atoms with E-state index < -0.39 is 12.1 Å². The van der Waals surface area contributed by atoms with Crippen LogP contribution >= 0.6 is 0 Å². The number of ether oxygens (including phenoxy) is 3. The molecule has 114 valence electrons. The fraction of sp³-hybridized carbons (Fsp3) is 0.786. The van der Waals surface area contributed by atoms with Gasteiger partial charge in [-0.3, -0.25) is 14.4 Å². The Hall–Kier alpha value is -1.59. The number of carbonyl (C=O) groups excluding carboxylic acids is 3. The largest absolute Gasteiger partial charge is 0.469 e. The van der Waals surface area contributed by atoms with E-state index in [2.05, 4.69) is 9.47 Å². The Kier molecular flexibility index (Phi) is 6.48. The topological polar surface area (TPSA) is 78.9 Å². The molecule has 6 nitrogen and oxygen atoms in total. The van der Waals surface area contributed by atoms with Gasteiger partial charge in [0.05, 0.1) is 27.1 Å². The van der Waals surface area contributed by atoms with E-state index in [0.717, 1.165) is 19.3 Å². The van der Waals surface area contributed by atoms with Crippen molar-refractivity contribution < 1.29 is 28.6 Å². The highest BCUT2D eigenvalue weighted by Crippen LogP contribution is 2.36. The molecule has 0 spiro atoms. The predicted molar refractivity (Wildman–Crippen MR) is 69.7 cm³/mol. The van der Waals surface area contributed by atoms with Crippen molar-refractivity contribution in [3.05, 3.63) is 0 Å². The number of rotatable bonds is 5. The van der Waals surface area contributed by atoms with Gasteiger partial charge < -0.3 is 14.2 Å². The zero-order valence-corrected chi connectivity index (χ0v) is 12.2. The van der Waals surface area contributed by atoms with Crippen molar-refractivity contribution in [3.8, 4) is 0 Å². The quantitative estimate of drug-likeness (QED) is 0.562. The van der Waals surface area contributed by atoms with Crippen LogP contribution in [0, 0.1) is 11.8 Å². The van der Waals surface area contributed by atoms with Gasteiger partial charge in [0.1, 0.15) is 6.10 Å². The van der Waals surface area contributed by atoms with E-state index in [4.69, 9.17) is 4.74 Å². The number of carbonyl (C=O) groups is 3. The van der Waals surface area contributed by atoms with Gasteiger partial charge >= 0.3 is 17.9 Å². The second-order valence-corrected chi connectivity index (χ2v) is 5.09. The second-order valence-electron chi connectivity index (χ2n) is 5.09. The average molecular weight is 286 g/mol. The number of hydrogen-bond donors (Lipinski definition) is 0. The van der Waals surface area contributed by atoms with Crippen LogP contribution in [0.5, 0.6) is 0 Å². The molecule has 0 aromatic carbocycles. The Labute approximate surface area is 118 Å². The van der Waals surface area contributed by atoms with E-state index in [1.807, 2.05) is 0 Å². The highest BCUT2D eigenvalue weighted by atomic mass is 16.5. The normalized spacial score (nSPS) is 25.6. The van der Waals surface area contributed by atoms with E-state index in [1.165, 1.54) is 21.1 Å². The first kappa shape index (κ1) is 16.5. The van der Waals surface area contributed by atoms with E-state index in [-0.39, 0.29) is 36.6 Å². The van der Waals surface area contributed by atoms with Crippen molar-refractivity contribution >= 4 is 17.9 Å². The van der Waals surface area contributed by atoms with Crippen molar-refractivity contribution in [2.24, 2.45) is 11.8 Å². The summed E-state index contributed by atoms with van der Waals surface area (Å²) in [4.78, 5) is 34.1. The maximum absolute atomic E-state index is 11.4. The summed E-state index contributed by atoms with van der Waals surface area (Å²) in [5, 5.41) is 0. The maximum Gasteiger partial charge on any atom is 0.305 e. The van der Waals surface area contributed by atoms with Gasteiger partial charge in [-0.25, -0.2) is 0 Å². The molecule has 1 fully saturated rings. The molecule has 1 saturated carbocycles. The van der Waals surface area contributed by atoms with Gasteiger partial charge in [-0.2, -0.15) is 0 Å². The Morgan fingerprint density at radius 1 is 0.950 bits per heavy atom. The molecule has 0 aromatic heterocycles. The second kappa shape index (κ2) is 7.87. The summed E-state index contributed by atoms with van der Waals surface area (Å²) in [6.07, 6.45) is 2.42. The van der Waals surface area contributed by atoms with Gasteiger partial charge in [0, 0.05) is 18.8 Å². The van der Waals surface area contributed by atoms with Crippen LogP contribution in [0.4, 0.5) is 0 Å². The summed E-state index contributed by atoms with van der Waals surface area (Å²) in [7, 11) is 2.66. The highest BCUT2D eigenvalue weighted by molar-refractivity contribution is 5.71. The SMILES string of the molecule is COC(=O)C[C@H]1CCC[C@@H](CC(=O)OC)C1OC(C)=O. The number of esters is 3. The minimum Gasteiger partial charge on any atom is -0.469 e. The molecule has 1 aliphatic rings. The molecule has 20 heavy (non-hydrogen) atoms. The molecule has 1 aliphatic carbocycles. The van der Waals surface area contributed by atoms with Crippen LogP contribution in [0.15, 0.2) is 0 Å². The third kappa shape index (κ3) is 4.83. The highest BCUT2D eigenvalue weighted by Gasteiger charge is 2.38. The summed E-state index contributed by atoms with van der Waals surface area (Å²) in [6, 6.07) is 0. The number of methoxy groups -OCH3 is 2. The van der Waals surface area contributed by atoms with Crippen LogP contribution < -0.4 is 0 Å². The van der Waals surface area contributed by atoms with Gasteiger partial charge in [-0.1, -0.05) is 6.42 Å². The van der Waals surface area contributed by atoms with Crippen molar-refractivity contribution in [3.63, 3.8) is 0 Å². The van der Waals surface area contributed by atoms with Gasteiger partial charge in [0.15, 0.2) is 0 Å². The van der Waals surface area contributed by atoms with Gasteiger partial charge in [0.25, 0.3) is 0 Å². The lowest BCUT2D eigenvalue weighted by atomic mass is 9.75. The predicted octanol–water partition coefficient (Wildman–Crippen LogP) is 1.46. The molecule has 0 bridgehead atoms. The summed E-state index contributed by atoms with van der Waals surface area (Å²) in [5.74, 6) is -1.26. The summed E-state index contributed by atoms with van der Waals surface area (Å²) in [5.41, 5.74) is 0. The van der Waals surface area contributed by atoms with Crippen LogP contribution in [0.2, 0.25) is 0 Å². The molecule has 1 unspecified atom stereocenters. The molecule has 0 radical (unpaired) electrons. The molecule has 0 aliphatic heterocycles. The average Bonchev–Trinajstić information content (AvgIpc) is 2.41. The molecular formula is C14H22O6. The lowest BCUT2D eigenvalue weighted by Gasteiger charge is -2.36. The minimum atomic E-state index is -0.431. The standard InChI is InChI=1S/C14H22O6/c1-9(15)20-14-10(7-12(16)18-2)5-4-6-11(14)8-13(17)19-3/h10-11,14H,4-8H2,1-3H3/t10-,11+,14?. The molecule has 0 heterocycles. The molecule has 0 amide bonds. The lowest BCUT2D eigenvalue weighted by Crippen LogP contribution is -2.39. The zero-order chi connectivity index (χ0) is 15.1. The Morgan fingerprint density at radius 2 is 1.40 bits per heavy atom. The van der Waals surface area contributed by atoms with Gasteiger partial charge in [-0.15, -0.1) is 0 Å². The maximum atomic E-state index is 11.4. The van der Waals surface area contributed by atoms with Crippen LogP contribution in [-0.4, -0.2) is 38.2 Å². The van der Waals surface area contributed by atoms with E-state index in [1.54, 1.807) is 0 Å². The van der Waals surface area contributed by atoms with E-state index in [0.29, 0.717) is 0 Å². The molecule has 6 heteroatoms. The van der Waals surface area contributed by atoms with Crippen molar-refractivity contribution in [2.75, 3.05) is 14.2 Å². The fourth-order valence-electron chi connectivity index (χ4n) is 2.77. The Bertz CT molecular complexity index is 339. The third-order valence-electron chi connectivity index (χ3n) is 3.69. The molecule has 0 saturated heterocycles. The van der Waals surface area contributed by atoms with E-state index >= 15 is 0 Å². The van der Waals surface area contributed by atoms with Crippen molar-refractivity contribution in [1.82, 2.24) is 0 Å². The van der Waals surface area contributed by atoms with Crippen LogP contribution in [0.25, 0.3) is 0 Å². The van der Waals surface area contributed by atoms with Gasteiger partial charge in [-0.05, 0) is 12.8 Å². The summed E-state index contributed by atoms with van der Waals surface area (Å²) >= 11 is 0. The van der Waals surface area contributed by atoms with Crippen LogP contribution in [0.3, 0.4) is 0 Å². The first-order valence-corrected chi connectivity index (χ1v) is 6.78. The van der Waals surface area contributed by atoms with Gasteiger partial charge in [0.2, 0.25) is 0 Å². The minimum absolute atomic E-state index is 0.102. The molecule has 0 aromatic rings. The first-order valence-electron chi connectivity index (χ1n) is 6.78. The fourth-order valence-corrected chi connectivity index (χ4v) is 2.77. The summed E-state index contributed by atoms with van der Waals surface area (Å²) < 4.78 is 14.7. The smallest absolute Gasteiger partial charge is 0.305 e. The summed E-state index contributed by atoms with van der Waals surface area (Å²) in [6.45, 7) is 1.33. The third-order valence-corrected chi connectivity index (χ3v) is 3.69. The van der Waals surface area contributed by atoms with E-state index in [9.17, 15) is 14.4 Å². The van der Waals surface area contributed by atoms with Crippen LogP contribution in [0.1, 0.15) is 39.0 Å². The Morgan fingerprint density at radius 3 is 1.75 bits per heavy atom. The number of hydrogen-bond acceptors (Lipinski definition) is 6. The van der Waals surface area contributed by atoms with Crippen molar-refractivity contribution in [2.45, 2.75) is 45.1 Å².